The first-order valence-corrected chi connectivity index (χ1v) is 9.27. The van der Waals surface area contributed by atoms with Crippen LogP contribution < -0.4 is 10.0 Å². The highest BCUT2D eigenvalue weighted by Gasteiger charge is 2.22. The number of anilines is 3. The van der Waals surface area contributed by atoms with E-state index in [0.29, 0.717) is 0 Å². The van der Waals surface area contributed by atoms with E-state index in [1.807, 2.05) is 0 Å². The maximum Gasteiger partial charge on any atom is 0.0654 e. The topological polar surface area (TPSA) is 6.48 Å². The fourth-order valence-electron chi connectivity index (χ4n) is 3.74. The monoisotopic (exact) mass is 348 g/mol. The number of para-hydroxylation sites is 2. The maximum absolute atomic E-state index is 2.34. The average Bonchev–Trinajstić information content (AvgIpc) is 2.75. The minimum absolute atomic E-state index is 0.832. The van der Waals surface area contributed by atoms with Crippen LogP contribution in [0.4, 0.5) is 17.1 Å². The number of nitrogens with zero attached hydrogens (tertiary/aromatic N) is 2. The molecule has 0 aliphatic carbocycles. The van der Waals surface area contributed by atoms with Crippen molar-refractivity contribution in [3.05, 3.63) is 109 Å². The molecular weight excluding hydrogens is 328 g/mol. The van der Waals surface area contributed by atoms with E-state index in [1.54, 1.807) is 0 Å². The van der Waals surface area contributed by atoms with Crippen molar-refractivity contribution in [1.82, 2.24) is 0 Å². The summed E-state index contributed by atoms with van der Waals surface area (Å²) in [6.45, 7) is 0.832. The number of hydrogen-bond acceptors (Lipinski definition) is 2. The Labute approximate surface area is 159 Å². The molecular formula is C25H20N2. The van der Waals surface area contributed by atoms with Crippen LogP contribution in [0.2, 0.25) is 0 Å². The zero-order valence-electron chi connectivity index (χ0n) is 15.0. The summed E-state index contributed by atoms with van der Waals surface area (Å²) in [5.74, 6) is 0. The zero-order valence-corrected chi connectivity index (χ0v) is 15.0. The van der Waals surface area contributed by atoms with Gasteiger partial charge in [-0.3, -0.25) is 10.0 Å². The van der Waals surface area contributed by atoms with Crippen molar-refractivity contribution in [1.29, 1.82) is 0 Å². The Morgan fingerprint density at radius 3 is 2.26 bits per heavy atom. The Kier molecular flexibility index (Phi) is 3.87. The van der Waals surface area contributed by atoms with Crippen LogP contribution in [0, 0.1) is 0 Å². The fraction of sp³-hybridized carbons (Fsp3) is 0.0400. The van der Waals surface area contributed by atoms with Crippen molar-refractivity contribution in [2.24, 2.45) is 0 Å². The summed E-state index contributed by atoms with van der Waals surface area (Å²) in [4.78, 5) is 0. The lowest BCUT2D eigenvalue weighted by atomic mass is 10.1. The van der Waals surface area contributed by atoms with E-state index in [0.717, 1.165) is 17.9 Å². The Bertz CT molecular complexity index is 1120. The molecule has 0 fully saturated rings. The van der Waals surface area contributed by atoms with Crippen LogP contribution in [0.25, 0.3) is 16.8 Å². The first-order chi connectivity index (χ1) is 13.4. The molecule has 0 unspecified atom stereocenters. The molecule has 4 aromatic carbocycles. The van der Waals surface area contributed by atoms with E-state index in [9.17, 15) is 0 Å². The first kappa shape index (κ1) is 15.7. The van der Waals surface area contributed by atoms with E-state index < -0.39 is 0 Å². The number of benzene rings is 4. The minimum Gasteiger partial charge on any atom is -0.276 e. The van der Waals surface area contributed by atoms with Crippen LogP contribution >= 0.6 is 0 Å². The third kappa shape index (κ3) is 2.85. The van der Waals surface area contributed by atoms with Gasteiger partial charge in [0.15, 0.2) is 0 Å². The molecule has 4 aromatic rings. The highest BCUT2D eigenvalue weighted by Crippen LogP contribution is 2.35. The van der Waals surface area contributed by atoms with Crippen molar-refractivity contribution >= 4 is 33.9 Å². The second kappa shape index (κ2) is 6.65. The van der Waals surface area contributed by atoms with Crippen molar-refractivity contribution < 1.29 is 0 Å². The van der Waals surface area contributed by atoms with Crippen LogP contribution in [-0.4, -0.2) is 6.54 Å². The van der Waals surface area contributed by atoms with Gasteiger partial charge >= 0.3 is 0 Å². The highest BCUT2D eigenvalue weighted by molar-refractivity contribution is 5.88. The van der Waals surface area contributed by atoms with Gasteiger partial charge in [0.2, 0.25) is 0 Å². The van der Waals surface area contributed by atoms with Gasteiger partial charge in [0.05, 0.1) is 23.6 Å². The van der Waals surface area contributed by atoms with Gasteiger partial charge in [0, 0.05) is 0 Å². The highest BCUT2D eigenvalue weighted by atomic mass is 15.6. The third-order valence-electron chi connectivity index (χ3n) is 5.01. The molecule has 0 saturated heterocycles. The second-order valence-electron chi connectivity index (χ2n) is 6.72. The normalized spacial score (nSPS) is 12.8. The van der Waals surface area contributed by atoms with Crippen molar-refractivity contribution in [3.8, 4) is 0 Å². The van der Waals surface area contributed by atoms with Gasteiger partial charge in [0.25, 0.3) is 0 Å². The molecule has 0 aromatic heterocycles. The van der Waals surface area contributed by atoms with Crippen LogP contribution in [0.5, 0.6) is 0 Å². The van der Waals surface area contributed by atoms with Gasteiger partial charge in [-0.15, -0.1) is 0 Å². The van der Waals surface area contributed by atoms with Gasteiger partial charge in [-0.2, -0.15) is 0 Å². The molecule has 0 spiro atoms. The van der Waals surface area contributed by atoms with Gasteiger partial charge in [-0.05, 0) is 46.7 Å². The van der Waals surface area contributed by atoms with Crippen molar-refractivity contribution in [3.63, 3.8) is 0 Å². The first-order valence-electron chi connectivity index (χ1n) is 9.27. The third-order valence-corrected chi connectivity index (χ3v) is 5.01. The van der Waals surface area contributed by atoms with Crippen LogP contribution in [0.1, 0.15) is 5.56 Å². The summed E-state index contributed by atoms with van der Waals surface area (Å²) in [7, 11) is 0. The molecule has 5 rings (SSSR count). The molecule has 1 aliphatic rings. The predicted molar refractivity (Wildman–Crippen MR) is 115 cm³/mol. The predicted octanol–water partition coefficient (Wildman–Crippen LogP) is 6.43. The van der Waals surface area contributed by atoms with Crippen molar-refractivity contribution in [2.45, 2.75) is 0 Å². The van der Waals surface area contributed by atoms with Gasteiger partial charge in [-0.1, -0.05) is 78.9 Å². The van der Waals surface area contributed by atoms with Gasteiger partial charge in [-0.25, -0.2) is 0 Å². The van der Waals surface area contributed by atoms with Gasteiger partial charge < -0.3 is 0 Å². The Morgan fingerprint density at radius 2 is 1.37 bits per heavy atom. The average molecular weight is 348 g/mol. The molecule has 0 atom stereocenters. The summed E-state index contributed by atoms with van der Waals surface area (Å²) in [5.41, 5.74) is 4.77. The molecule has 2 nitrogen and oxygen atoms in total. The largest absolute Gasteiger partial charge is 0.276 e. The summed E-state index contributed by atoms with van der Waals surface area (Å²) >= 11 is 0. The van der Waals surface area contributed by atoms with Crippen LogP contribution in [-0.2, 0) is 0 Å². The Morgan fingerprint density at radius 1 is 0.630 bits per heavy atom. The molecule has 1 heterocycles. The molecule has 0 N–H and O–H groups in total. The van der Waals surface area contributed by atoms with Crippen LogP contribution in [0.15, 0.2) is 103 Å². The maximum atomic E-state index is 2.34. The molecule has 0 amide bonds. The van der Waals surface area contributed by atoms with Crippen molar-refractivity contribution in [2.75, 3.05) is 16.6 Å². The number of hydrazine groups is 1. The molecule has 0 bridgehead atoms. The lowest BCUT2D eigenvalue weighted by Gasteiger charge is -2.40. The molecule has 27 heavy (non-hydrogen) atoms. The number of rotatable bonds is 3. The lowest BCUT2D eigenvalue weighted by molar-refractivity contribution is 0.875. The summed E-state index contributed by atoms with van der Waals surface area (Å²) in [5, 5.41) is 7.16. The Hall–Kier alpha value is -3.52. The Balaban J connectivity index is 1.69. The molecule has 130 valence electrons. The fourth-order valence-corrected chi connectivity index (χ4v) is 3.74. The minimum atomic E-state index is 0.832. The molecule has 0 radical (unpaired) electrons. The van der Waals surface area contributed by atoms with Crippen LogP contribution in [0.3, 0.4) is 0 Å². The summed E-state index contributed by atoms with van der Waals surface area (Å²) in [6, 6.07) is 34.3. The number of fused-ring (bicyclic) bond motifs is 2. The number of hydrogen-bond donors (Lipinski definition) is 0. The standard InChI is InChI=1S/C25H20N2/c1-2-13-23(14-3-1)27(24-17-16-20-9-4-5-11-22(20)19-24)26-18-8-12-21-10-6-7-15-25(21)26/h1-17,19H,18H2. The molecule has 1 aliphatic heterocycles. The van der Waals surface area contributed by atoms with E-state index in [-0.39, 0.29) is 0 Å². The SMILES string of the molecule is C1=Cc2ccccc2N(N(c2ccccc2)c2ccc3ccccc3c2)C1. The van der Waals surface area contributed by atoms with Gasteiger partial charge in [0.1, 0.15) is 0 Å². The van der Waals surface area contributed by atoms with E-state index in [1.165, 1.54) is 22.0 Å². The molecule has 2 heteroatoms. The smallest absolute Gasteiger partial charge is 0.0654 e. The molecule has 0 saturated carbocycles. The summed E-state index contributed by atoms with van der Waals surface area (Å²) in [6.07, 6.45) is 4.43. The van der Waals surface area contributed by atoms with E-state index in [4.69, 9.17) is 0 Å². The quantitative estimate of drug-likeness (QED) is 0.421. The zero-order chi connectivity index (χ0) is 18.1. The van der Waals surface area contributed by atoms with E-state index in [2.05, 4.69) is 119 Å². The lowest BCUT2D eigenvalue weighted by Crippen LogP contribution is -2.41. The van der Waals surface area contributed by atoms with E-state index >= 15 is 0 Å². The second-order valence-corrected chi connectivity index (χ2v) is 6.72. The summed E-state index contributed by atoms with van der Waals surface area (Å²) < 4.78 is 0.